The lowest BCUT2D eigenvalue weighted by molar-refractivity contribution is -0.332. The van der Waals surface area contributed by atoms with Crippen molar-refractivity contribution in [2.45, 2.75) is 229 Å². The quantitative estimate of drug-likeness (QED) is 0.0205. The van der Waals surface area contributed by atoms with Gasteiger partial charge in [0.25, 0.3) is 0 Å². The second-order valence-electron chi connectivity index (χ2n) is 17.3. The zero-order valence-electron chi connectivity index (χ0n) is 39.5. The Hall–Kier alpha value is -2.54. The maximum Gasteiger partial charge on any atom is 0.306 e. The molecule has 15 heteroatoms. The van der Waals surface area contributed by atoms with E-state index in [4.69, 9.17) is 28.4 Å². The summed E-state index contributed by atoms with van der Waals surface area (Å²) in [7, 11) is 0. The predicted octanol–water partition coefficient (Wildman–Crippen LogP) is 6.32. The lowest BCUT2D eigenvalue weighted by Gasteiger charge is -2.42. The van der Waals surface area contributed by atoms with Gasteiger partial charge in [-0.2, -0.15) is 0 Å². The van der Waals surface area contributed by atoms with Crippen LogP contribution in [0.15, 0.2) is 48.6 Å². The average Bonchev–Trinajstić information content (AvgIpc) is 3.30. The molecule has 2 saturated heterocycles. The van der Waals surface area contributed by atoms with Gasteiger partial charge in [0.1, 0.15) is 55.4 Å². The number of ether oxygens (including phenoxy) is 6. The van der Waals surface area contributed by atoms with Crippen LogP contribution in [-0.4, -0.2) is 142 Å². The Balaban J connectivity index is 1.86. The zero-order chi connectivity index (χ0) is 47.5. The fourth-order valence-electron chi connectivity index (χ4n) is 7.39. The molecule has 0 aromatic heterocycles. The molecule has 0 bridgehead atoms. The number of unbranched alkanes of at least 4 members (excludes halogenated alkanes) is 15. The minimum absolute atomic E-state index is 0.114. The normalized spacial score (nSPS) is 26.8. The Bertz CT molecular complexity index is 1320. The summed E-state index contributed by atoms with van der Waals surface area (Å²) < 4.78 is 33.5. The molecule has 4 unspecified atom stereocenters. The van der Waals surface area contributed by atoms with Crippen LogP contribution in [0.2, 0.25) is 0 Å². The molecule has 2 rings (SSSR count). The molecule has 65 heavy (non-hydrogen) atoms. The van der Waals surface area contributed by atoms with Crippen molar-refractivity contribution < 1.29 is 73.8 Å². The zero-order valence-corrected chi connectivity index (χ0v) is 39.5. The van der Waals surface area contributed by atoms with E-state index < -0.39 is 99.3 Å². The van der Waals surface area contributed by atoms with Crippen molar-refractivity contribution >= 4 is 11.9 Å². The van der Waals surface area contributed by atoms with E-state index in [0.717, 1.165) is 70.6 Å². The first-order chi connectivity index (χ1) is 31.5. The van der Waals surface area contributed by atoms with Gasteiger partial charge in [0, 0.05) is 12.8 Å². The summed E-state index contributed by atoms with van der Waals surface area (Å²) in [5.74, 6) is -0.983. The molecule has 376 valence electrons. The fourth-order valence-corrected chi connectivity index (χ4v) is 7.39. The number of esters is 2. The van der Waals surface area contributed by atoms with Crippen LogP contribution in [0.25, 0.3) is 0 Å². The Kier molecular flexibility index (Phi) is 33.7. The number of allylic oxidation sites excluding steroid dienone is 8. The van der Waals surface area contributed by atoms with Crippen LogP contribution in [0.1, 0.15) is 162 Å². The molecular formula is C50H86O15. The number of carbonyl (C=O) groups is 2. The summed E-state index contributed by atoms with van der Waals surface area (Å²) in [6.45, 7) is 2.48. The minimum Gasteiger partial charge on any atom is -0.462 e. The van der Waals surface area contributed by atoms with Gasteiger partial charge in [0.2, 0.25) is 0 Å². The standard InChI is InChI=1S/C50H86O15/c1-3-5-7-9-11-13-15-17-19-21-23-25-27-29-31-33-42(53)63-38(35-60-41(52)32-30-28-26-24-22-20-18-16-14-12-10-8-6-4-2)36-61-49-48(59)46(57)44(55)40(65-49)37-62-50-47(58)45(56)43(54)39(34-51)64-50/h11,13,16-19,23,25,38-40,43-51,54-59H,3-10,12,14-15,20-22,24,26-37H2,1-2H3/b13-11+,18-16+,19-17+,25-23+/t38-,39-,40-,43+,44+,45?,46?,47?,48?,49-,50-/m1/s1. The van der Waals surface area contributed by atoms with Crippen molar-refractivity contribution in [2.24, 2.45) is 0 Å². The van der Waals surface area contributed by atoms with Crippen molar-refractivity contribution in [2.75, 3.05) is 26.4 Å². The third-order valence-electron chi connectivity index (χ3n) is 11.5. The van der Waals surface area contributed by atoms with Crippen molar-refractivity contribution in [3.8, 4) is 0 Å². The first kappa shape index (κ1) is 58.6. The highest BCUT2D eigenvalue weighted by molar-refractivity contribution is 5.70. The van der Waals surface area contributed by atoms with Crippen molar-refractivity contribution in [3.63, 3.8) is 0 Å². The summed E-state index contributed by atoms with van der Waals surface area (Å²) >= 11 is 0. The maximum absolute atomic E-state index is 13.0. The summed E-state index contributed by atoms with van der Waals surface area (Å²) in [6, 6.07) is 0. The molecule has 2 fully saturated rings. The van der Waals surface area contributed by atoms with E-state index in [1.165, 1.54) is 51.4 Å². The van der Waals surface area contributed by atoms with Crippen LogP contribution in [-0.2, 0) is 38.0 Å². The first-order valence-electron chi connectivity index (χ1n) is 24.7. The van der Waals surface area contributed by atoms with Crippen LogP contribution in [0, 0.1) is 0 Å². The van der Waals surface area contributed by atoms with E-state index in [9.17, 15) is 45.3 Å². The van der Waals surface area contributed by atoms with Gasteiger partial charge in [-0.1, -0.05) is 120 Å². The number of hydrogen-bond acceptors (Lipinski definition) is 15. The highest BCUT2D eigenvalue weighted by atomic mass is 16.7. The molecule has 0 saturated carbocycles. The number of aliphatic hydroxyl groups excluding tert-OH is 7. The van der Waals surface area contributed by atoms with Crippen molar-refractivity contribution in [1.82, 2.24) is 0 Å². The molecule has 2 aliphatic heterocycles. The molecule has 0 aromatic carbocycles. The van der Waals surface area contributed by atoms with E-state index >= 15 is 0 Å². The molecule has 0 spiro atoms. The van der Waals surface area contributed by atoms with Crippen LogP contribution in [0.5, 0.6) is 0 Å². The third-order valence-corrected chi connectivity index (χ3v) is 11.5. The minimum atomic E-state index is -1.77. The Morgan fingerprint density at radius 1 is 0.492 bits per heavy atom. The van der Waals surface area contributed by atoms with Crippen LogP contribution in [0.4, 0.5) is 0 Å². The Labute approximate surface area is 388 Å². The van der Waals surface area contributed by atoms with Crippen LogP contribution >= 0.6 is 0 Å². The van der Waals surface area contributed by atoms with Gasteiger partial charge in [0.15, 0.2) is 18.7 Å². The second-order valence-corrected chi connectivity index (χ2v) is 17.3. The molecular weight excluding hydrogens is 841 g/mol. The lowest BCUT2D eigenvalue weighted by Crippen LogP contribution is -2.61. The van der Waals surface area contributed by atoms with Gasteiger partial charge >= 0.3 is 11.9 Å². The number of rotatable bonds is 37. The summed E-state index contributed by atoms with van der Waals surface area (Å²) in [5, 5.41) is 72.0. The van der Waals surface area contributed by atoms with Crippen LogP contribution < -0.4 is 0 Å². The fraction of sp³-hybridized carbons (Fsp3) is 0.800. The van der Waals surface area contributed by atoms with Gasteiger partial charge in [-0.3, -0.25) is 9.59 Å². The molecule has 11 atom stereocenters. The lowest BCUT2D eigenvalue weighted by atomic mass is 9.98. The van der Waals surface area contributed by atoms with Crippen LogP contribution in [0.3, 0.4) is 0 Å². The first-order valence-corrected chi connectivity index (χ1v) is 24.7. The second kappa shape index (κ2) is 37.4. The summed E-state index contributed by atoms with van der Waals surface area (Å²) in [6.07, 6.45) is 22.9. The van der Waals surface area contributed by atoms with Gasteiger partial charge in [-0.05, 0) is 77.0 Å². The van der Waals surface area contributed by atoms with E-state index in [-0.39, 0.29) is 19.4 Å². The maximum atomic E-state index is 13.0. The smallest absolute Gasteiger partial charge is 0.306 e. The highest BCUT2D eigenvalue weighted by Crippen LogP contribution is 2.26. The van der Waals surface area contributed by atoms with Gasteiger partial charge in [-0.15, -0.1) is 0 Å². The molecule has 7 N–H and O–H groups in total. The van der Waals surface area contributed by atoms with E-state index in [0.29, 0.717) is 12.8 Å². The molecule has 0 aliphatic carbocycles. The highest BCUT2D eigenvalue weighted by Gasteiger charge is 2.47. The van der Waals surface area contributed by atoms with Gasteiger partial charge in [-0.25, -0.2) is 0 Å². The molecule has 0 aromatic rings. The van der Waals surface area contributed by atoms with Gasteiger partial charge < -0.3 is 64.2 Å². The topological polar surface area (TPSA) is 231 Å². The molecule has 0 radical (unpaired) electrons. The SMILES string of the molecule is CCCCC/C=C/C/C=C/C/C=C/CCCCC(=O)O[C@H](COC(=O)CCCCCCC/C=C/CCCCCCC)CO[C@@H]1O[C@H](CO[C@@H]2O[C@H](CO)[C@H](O)C(O)C2O)[C@H](O)C(O)C1O. The van der Waals surface area contributed by atoms with E-state index in [1.807, 2.05) is 0 Å². The molecule has 0 amide bonds. The number of carbonyl (C=O) groups excluding carboxylic acids is 2. The number of aliphatic hydroxyl groups is 7. The summed E-state index contributed by atoms with van der Waals surface area (Å²) in [5.41, 5.74) is 0. The van der Waals surface area contributed by atoms with Crippen molar-refractivity contribution in [1.29, 1.82) is 0 Å². The summed E-state index contributed by atoms with van der Waals surface area (Å²) in [4.78, 5) is 25.7. The van der Waals surface area contributed by atoms with Crippen molar-refractivity contribution in [3.05, 3.63) is 48.6 Å². The van der Waals surface area contributed by atoms with E-state index in [1.54, 1.807) is 0 Å². The third kappa shape index (κ3) is 26.0. The Morgan fingerprint density at radius 3 is 1.52 bits per heavy atom. The average molecular weight is 927 g/mol. The monoisotopic (exact) mass is 927 g/mol. The molecule has 2 heterocycles. The molecule has 15 nitrogen and oxygen atoms in total. The predicted molar refractivity (Wildman–Crippen MR) is 247 cm³/mol. The van der Waals surface area contributed by atoms with Gasteiger partial charge in [0.05, 0.1) is 19.8 Å². The van der Waals surface area contributed by atoms with E-state index in [2.05, 4.69) is 62.5 Å². The largest absolute Gasteiger partial charge is 0.462 e. The Morgan fingerprint density at radius 2 is 0.923 bits per heavy atom. The molecule has 2 aliphatic rings. The number of hydrogen-bond donors (Lipinski definition) is 7.